The van der Waals surface area contributed by atoms with Gasteiger partial charge >= 0.3 is 0 Å². The summed E-state index contributed by atoms with van der Waals surface area (Å²) in [5.74, 6) is 3.01. The summed E-state index contributed by atoms with van der Waals surface area (Å²) in [4.78, 5) is 21.0. The van der Waals surface area contributed by atoms with Crippen LogP contribution in [-0.4, -0.2) is 29.3 Å². The summed E-state index contributed by atoms with van der Waals surface area (Å²) < 4.78 is 2.13. The molecule has 0 unspecified atom stereocenters. The third kappa shape index (κ3) is 3.72. The van der Waals surface area contributed by atoms with Gasteiger partial charge in [0.2, 0.25) is 5.95 Å². The molecular formula is C29H28N8. The van der Waals surface area contributed by atoms with Gasteiger partial charge in [0, 0.05) is 34.9 Å². The fraction of sp³-hybridized carbons (Fsp3) is 0.207. The molecule has 1 aliphatic rings. The number of nitrogens with one attached hydrogen (secondary N) is 3. The van der Waals surface area contributed by atoms with E-state index in [-0.39, 0.29) is 0 Å². The van der Waals surface area contributed by atoms with E-state index < -0.39 is 0 Å². The molecule has 7 rings (SSSR count). The number of anilines is 2. The van der Waals surface area contributed by atoms with Crippen molar-refractivity contribution in [2.24, 2.45) is 5.92 Å². The fourth-order valence-corrected chi connectivity index (χ4v) is 5.73. The van der Waals surface area contributed by atoms with E-state index in [1.807, 2.05) is 42.6 Å². The zero-order valence-corrected chi connectivity index (χ0v) is 20.4. The zero-order valence-electron chi connectivity index (χ0n) is 20.4. The Labute approximate surface area is 213 Å². The van der Waals surface area contributed by atoms with Gasteiger partial charge in [0.15, 0.2) is 0 Å². The van der Waals surface area contributed by atoms with Crippen LogP contribution >= 0.6 is 0 Å². The number of imidazole rings is 2. The fourth-order valence-electron chi connectivity index (χ4n) is 5.73. The largest absolute Gasteiger partial charge is 0.382 e. The Kier molecular flexibility index (Phi) is 4.99. The van der Waals surface area contributed by atoms with E-state index in [9.17, 15) is 0 Å². The molecule has 1 aliphatic carbocycles. The molecule has 4 aromatic heterocycles. The van der Waals surface area contributed by atoms with E-state index in [1.165, 1.54) is 0 Å². The van der Waals surface area contributed by atoms with Gasteiger partial charge in [0.1, 0.15) is 22.9 Å². The number of hydrogen-bond donors (Lipinski definition) is 4. The molecule has 0 bridgehead atoms. The van der Waals surface area contributed by atoms with Crippen LogP contribution in [0.3, 0.4) is 0 Å². The summed E-state index contributed by atoms with van der Waals surface area (Å²) in [6.45, 7) is 4.35. The number of nitrogens with two attached hydrogens (primary N) is 1. The van der Waals surface area contributed by atoms with Crippen molar-refractivity contribution in [3.8, 4) is 11.4 Å². The molecule has 2 aromatic carbocycles. The van der Waals surface area contributed by atoms with Gasteiger partial charge < -0.3 is 21.0 Å². The molecule has 0 amide bonds. The number of aromatic amines is 2. The SMILES string of the molecule is C=C(Nc1nc2ccccc2[nH]1)C1CCC(c2nc(-c3cc4ccccc4[nH]3)c3c(N)nccn23)CC1. The van der Waals surface area contributed by atoms with Gasteiger partial charge in [-0.05, 0) is 55.9 Å². The third-order valence-corrected chi connectivity index (χ3v) is 7.65. The molecule has 0 saturated heterocycles. The first-order valence-corrected chi connectivity index (χ1v) is 12.7. The highest BCUT2D eigenvalue weighted by molar-refractivity contribution is 5.91. The van der Waals surface area contributed by atoms with Crippen molar-refractivity contribution in [3.05, 3.63) is 85.1 Å². The Hall–Kier alpha value is -4.59. The monoisotopic (exact) mass is 488 g/mol. The standard InChI is InChI=1S/C29H28N8/c1-17(32-29-34-22-8-4-5-9-23(22)35-29)18-10-12-19(13-11-18)28-36-25(26-27(30)31-14-15-37(26)28)24-16-20-6-2-3-7-21(20)33-24/h2-9,14-16,18-19,33H,1,10-13H2,(H2,30,31)(H2,32,34,35). The van der Waals surface area contributed by atoms with Gasteiger partial charge in [0.05, 0.1) is 16.7 Å². The molecular weight excluding hydrogens is 460 g/mol. The van der Waals surface area contributed by atoms with Crippen molar-refractivity contribution in [1.29, 1.82) is 0 Å². The number of hydrogen-bond acceptors (Lipinski definition) is 5. The number of aromatic nitrogens is 6. The van der Waals surface area contributed by atoms with Crippen molar-refractivity contribution in [2.45, 2.75) is 31.6 Å². The van der Waals surface area contributed by atoms with E-state index in [0.29, 0.717) is 17.7 Å². The Morgan fingerprint density at radius 1 is 0.973 bits per heavy atom. The molecule has 0 radical (unpaired) electrons. The van der Waals surface area contributed by atoms with Crippen LogP contribution in [0, 0.1) is 5.92 Å². The van der Waals surface area contributed by atoms with E-state index in [0.717, 1.165) is 82.0 Å². The van der Waals surface area contributed by atoms with E-state index in [2.05, 4.69) is 54.4 Å². The summed E-state index contributed by atoms with van der Waals surface area (Å²) in [6.07, 6.45) is 7.86. The second-order valence-corrected chi connectivity index (χ2v) is 9.92. The molecule has 0 aliphatic heterocycles. The van der Waals surface area contributed by atoms with Crippen LogP contribution in [0.2, 0.25) is 0 Å². The molecule has 1 fully saturated rings. The first-order valence-electron chi connectivity index (χ1n) is 12.7. The summed E-state index contributed by atoms with van der Waals surface area (Å²) in [5, 5.41) is 4.57. The number of fused-ring (bicyclic) bond motifs is 3. The Morgan fingerprint density at radius 3 is 2.57 bits per heavy atom. The van der Waals surface area contributed by atoms with Crippen LogP contribution in [0.15, 0.2) is 79.3 Å². The Bertz CT molecular complexity index is 1700. The number of allylic oxidation sites excluding steroid dienone is 1. The van der Waals surface area contributed by atoms with E-state index >= 15 is 0 Å². The topological polar surface area (TPSA) is 113 Å². The first-order chi connectivity index (χ1) is 18.1. The maximum atomic E-state index is 6.38. The smallest absolute Gasteiger partial charge is 0.205 e. The lowest BCUT2D eigenvalue weighted by Gasteiger charge is -2.29. The summed E-state index contributed by atoms with van der Waals surface area (Å²) in [6, 6.07) is 18.4. The summed E-state index contributed by atoms with van der Waals surface area (Å²) >= 11 is 0. The van der Waals surface area contributed by atoms with Crippen LogP contribution in [0.4, 0.5) is 11.8 Å². The minimum absolute atomic E-state index is 0.336. The lowest BCUT2D eigenvalue weighted by molar-refractivity contribution is 0.355. The maximum absolute atomic E-state index is 6.38. The van der Waals surface area contributed by atoms with Gasteiger partial charge in [-0.1, -0.05) is 36.9 Å². The van der Waals surface area contributed by atoms with Crippen LogP contribution in [-0.2, 0) is 0 Å². The Morgan fingerprint density at radius 2 is 1.76 bits per heavy atom. The average molecular weight is 489 g/mol. The van der Waals surface area contributed by atoms with Gasteiger partial charge in [-0.3, -0.25) is 4.40 Å². The van der Waals surface area contributed by atoms with Crippen molar-refractivity contribution in [3.63, 3.8) is 0 Å². The number of para-hydroxylation sites is 3. The normalized spacial score (nSPS) is 18.1. The van der Waals surface area contributed by atoms with Crippen LogP contribution in [0.5, 0.6) is 0 Å². The molecule has 0 atom stereocenters. The third-order valence-electron chi connectivity index (χ3n) is 7.65. The minimum Gasteiger partial charge on any atom is -0.382 e. The first kappa shape index (κ1) is 21.7. The van der Waals surface area contributed by atoms with Crippen molar-refractivity contribution >= 4 is 39.2 Å². The zero-order chi connectivity index (χ0) is 24.9. The second-order valence-electron chi connectivity index (χ2n) is 9.92. The molecule has 0 spiro atoms. The van der Waals surface area contributed by atoms with Crippen LogP contribution < -0.4 is 11.1 Å². The highest BCUT2D eigenvalue weighted by Gasteiger charge is 2.29. The number of benzene rings is 2. The predicted molar refractivity (Wildman–Crippen MR) is 148 cm³/mol. The van der Waals surface area contributed by atoms with Crippen molar-refractivity contribution in [1.82, 2.24) is 29.3 Å². The number of rotatable bonds is 5. The molecule has 37 heavy (non-hydrogen) atoms. The van der Waals surface area contributed by atoms with Crippen molar-refractivity contribution < 1.29 is 0 Å². The molecule has 5 N–H and O–H groups in total. The summed E-state index contributed by atoms with van der Waals surface area (Å²) in [7, 11) is 0. The molecule has 6 aromatic rings. The Balaban J connectivity index is 1.13. The lowest BCUT2D eigenvalue weighted by Crippen LogP contribution is -2.20. The van der Waals surface area contributed by atoms with Gasteiger partial charge in [-0.2, -0.15) is 0 Å². The highest BCUT2D eigenvalue weighted by Crippen LogP contribution is 2.40. The molecule has 8 heteroatoms. The summed E-state index contributed by atoms with van der Waals surface area (Å²) in [5.41, 5.74) is 13.1. The molecule has 4 heterocycles. The molecule has 8 nitrogen and oxygen atoms in total. The van der Waals surface area contributed by atoms with Crippen LogP contribution in [0.1, 0.15) is 37.4 Å². The van der Waals surface area contributed by atoms with Gasteiger partial charge in [-0.15, -0.1) is 0 Å². The average Bonchev–Trinajstić information content (AvgIpc) is 3.63. The predicted octanol–water partition coefficient (Wildman–Crippen LogP) is 6.24. The maximum Gasteiger partial charge on any atom is 0.205 e. The van der Waals surface area contributed by atoms with Gasteiger partial charge in [-0.25, -0.2) is 15.0 Å². The van der Waals surface area contributed by atoms with Crippen LogP contribution in [0.25, 0.3) is 38.8 Å². The van der Waals surface area contributed by atoms with E-state index in [4.69, 9.17) is 10.7 Å². The quantitative estimate of drug-likeness (QED) is 0.230. The highest BCUT2D eigenvalue weighted by atomic mass is 15.1. The minimum atomic E-state index is 0.336. The second kappa shape index (κ2) is 8.51. The number of nitrogen functional groups attached to an aromatic ring is 1. The lowest BCUT2D eigenvalue weighted by atomic mass is 9.80. The molecule has 1 saturated carbocycles. The van der Waals surface area contributed by atoms with Gasteiger partial charge in [0.25, 0.3) is 0 Å². The van der Waals surface area contributed by atoms with Crippen molar-refractivity contribution in [2.75, 3.05) is 11.1 Å². The van der Waals surface area contributed by atoms with E-state index in [1.54, 1.807) is 6.20 Å². The number of H-pyrrole nitrogens is 2. The molecule has 184 valence electrons. The number of nitrogens with zero attached hydrogens (tertiary/aromatic N) is 4.